The lowest BCUT2D eigenvalue weighted by Crippen LogP contribution is -2.42. The van der Waals surface area contributed by atoms with E-state index in [0.29, 0.717) is 31.0 Å². The van der Waals surface area contributed by atoms with Crippen LogP contribution in [0.3, 0.4) is 0 Å². The molecule has 3 aliphatic heterocycles. The van der Waals surface area contributed by atoms with E-state index in [4.69, 9.17) is 4.74 Å². The summed E-state index contributed by atoms with van der Waals surface area (Å²) in [5.41, 5.74) is 4.07. The fourth-order valence-corrected chi connectivity index (χ4v) is 5.95. The third kappa shape index (κ3) is 4.22. The standard InChI is InChI=1S/C25H29N3O5S/c1-17-18(3-5-20-21(17)15-33-24(20)30)7-10-27-11-8-25(9-12-27)13-23(29)28(16-25)22-6-4-19(14-26-22)34(2,31)32/h3-6,14H,7-13,15-16H2,1-2H3. The number of piperidine rings is 1. The first kappa shape index (κ1) is 23.0. The molecule has 34 heavy (non-hydrogen) atoms. The monoisotopic (exact) mass is 483 g/mol. The Morgan fingerprint density at radius 3 is 2.56 bits per heavy atom. The number of carbonyl (C=O) groups excluding carboxylic acids is 2. The molecule has 2 aromatic rings. The van der Waals surface area contributed by atoms with Crippen LogP contribution in [0, 0.1) is 12.3 Å². The molecular formula is C25H29N3O5S. The smallest absolute Gasteiger partial charge is 0.338 e. The van der Waals surface area contributed by atoms with Gasteiger partial charge in [0.1, 0.15) is 12.4 Å². The number of pyridine rings is 1. The minimum absolute atomic E-state index is 0.0496. The lowest BCUT2D eigenvalue weighted by Gasteiger charge is -2.38. The molecule has 8 nitrogen and oxygen atoms in total. The summed E-state index contributed by atoms with van der Waals surface area (Å²) >= 11 is 0. The maximum Gasteiger partial charge on any atom is 0.338 e. The van der Waals surface area contributed by atoms with Gasteiger partial charge in [-0.2, -0.15) is 0 Å². The lowest BCUT2D eigenvalue weighted by atomic mass is 9.77. The molecule has 0 saturated carbocycles. The number of hydrogen-bond acceptors (Lipinski definition) is 7. The van der Waals surface area contributed by atoms with E-state index in [1.807, 2.05) is 12.1 Å². The summed E-state index contributed by atoms with van der Waals surface area (Å²) in [7, 11) is -3.32. The largest absolute Gasteiger partial charge is 0.457 e. The molecule has 1 spiro atoms. The van der Waals surface area contributed by atoms with Gasteiger partial charge < -0.3 is 9.64 Å². The van der Waals surface area contributed by atoms with Crippen molar-refractivity contribution in [3.8, 4) is 0 Å². The van der Waals surface area contributed by atoms with E-state index in [9.17, 15) is 18.0 Å². The number of aromatic nitrogens is 1. The van der Waals surface area contributed by atoms with Gasteiger partial charge in [-0.1, -0.05) is 6.07 Å². The minimum Gasteiger partial charge on any atom is -0.457 e. The number of likely N-dealkylation sites (tertiary alicyclic amines) is 1. The van der Waals surface area contributed by atoms with Gasteiger partial charge in [0.2, 0.25) is 5.91 Å². The van der Waals surface area contributed by atoms with Crippen molar-refractivity contribution < 1.29 is 22.7 Å². The summed E-state index contributed by atoms with van der Waals surface area (Å²) in [5, 5.41) is 0. The number of nitrogens with zero attached hydrogens (tertiary/aromatic N) is 3. The Kier molecular flexibility index (Phi) is 5.72. The molecule has 5 rings (SSSR count). The van der Waals surface area contributed by atoms with Crippen molar-refractivity contribution in [2.45, 2.75) is 44.1 Å². The van der Waals surface area contributed by atoms with E-state index in [1.165, 1.54) is 17.8 Å². The number of sulfone groups is 1. The Morgan fingerprint density at radius 2 is 1.88 bits per heavy atom. The van der Waals surface area contributed by atoms with Crippen molar-refractivity contribution >= 4 is 27.5 Å². The molecule has 0 bridgehead atoms. The zero-order valence-corrected chi connectivity index (χ0v) is 20.4. The second-order valence-corrected chi connectivity index (χ2v) is 11.8. The number of amides is 1. The summed E-state index contributed by atoms with van der Waals surface area (Å²) in [6, 6.07) is 7.07. The van der Waals surface area contributed by atoms with E-state index in [2.05, 4.69) is 16.8 Å². The van der Waals surface area contributed by atoms with Crippen LogP contribution in [-0.4, -0.2) is 62.6 Å². The highest BCUT2D eigenvalue weighted by atomic mass is 32.2. The van der Waals surface area contributed by atoms with Gasteiger partial charge in [0.05, 0.1) is 10.5 Å². The van der Waals surface area contributed by atoms with Crippen molar-refractivity contribution in [2.75, 3.05) is 37.3 Å². The third-order valence-corrected chi connectivity index (χ3v) is 8.74. The van der Waals surface area contributed by atoms with Gasteiger partial charge >= 0.3 is 5.97 Å². The summed E-state index contributed by atoms with van der Waals surface area (Å²) in [4.78, 5) is 33.1. The average molecular weight is 484 g/mol. The third-order valence-electron chi connectivity index (χ3n) is 7.64. The van der Waals surface area contributed by atoms with Crippen LogP contribution in [-0.2, 0) is 32.4 Å². The molecule has 1 aromatic heterocycles. The molecule has 0 radical (unpaired) electrons. The fourth-order valence-electron chi connectivity index (χ4n) is 5.39. The van der Waals surface area contributed by atoms with Gasteiger partial charge in [-0.3, -0.25) is 9.69 Å². The van der Waals surface area contributed by atoms with Crippen molar-refractivity contribution in [3.05, 3.63) is 52.7 Å². The molecule has 1 aromatic carbocycles. The van der Waals surface area contributed by atoms with Crippen molar-refractivity contribution in [1.29, 1.82) is 0 Å². The highest BCUT2D eigenvalue weighted by molar-refractivity contribution is 7.90. The molecule has 9 heteroatoms. The van der Waals surface area contributed by atoms with Crippen molar-refractivity contribution in [3.63, 3.8) is 0 Å². The number of cyclic esters (lactones) is 1. The molecule has 3 aliphatic rings. The molecule has 0 unspecified atom stereocenters. The van der Waals surface area contributed by atoms with Crippen LogP contribution < -0.4 is 4.90 Å². The van der Waals surface area contributed by atoms with Crippen LogP contribution >= 0.6 is 0 Å². The Hall–Kier alpha value is -2.78. The van der Waals surface area contributed by atoms with Gasteiger partial charge in [-0.05, 0) is 74.0 Å². The van der Waals surface area contributed by atoms with Crippen LogP contribution in [0.15, 0.2) is 35.4 Å². The van der Waals surface area contributed by atoms with Crippen LogP contribution in [0.25, 0.3) is 0 Å². The zero-order valence-electron chi connectivity index (χ0n) is 19.5. The predicted octanol–water partition coefficient (Wildman–Crippen LogP) is 2.53. The molecule has 1 amide bonds. The van der Waals surface area contributed by atoms with Crippen molar-refractivity contribution in [2.24, 2.45) is 5.41 Å². The first-order valence-corrected chi connectivity index (χ1v) is 13.5. The number of esters is 1. The second-order valence-electron chi connectivity index (χ2n) is 9.82. The van der Waals surface area contributed by atoms with E-state index < -0.39 is 9.84 Å². The quantitative estimate of drug-likeness (QED) is 0.603. The Bertz CT molecular complexity index is 1250. The Morgan fingerprint density at radius 1 is 1.12 bits per heavy atom. The van der Waals surface area contributed by atoms with Crippen LogP contribution in [0.2, 0.25) is 0 Å². The molecule has 4 heterocycles. The van der Waals surface area contributed by atoms with Gasteiger partial charge in [-0.15, -0.1) is 0 Å². The van der Waals surface area contributed by atoms with Crippen LogP contribution in [0.1, 0.15) is 46.3 Å². The molecule has 0 atom stereocenters. The van der Waals surface area contributed by atoms with Crippen LogP contribution in [0.4, 0.5) is 5.82 Å². The first-order valence-electron chi connectivity index (χ1n) is 11.6. The highest BCUT2D eigenvalue weighted by Crippen LogP contribution is 2.42. The molecule has 0 N–H and O–H groups in total. The molecule has 2 fully saturated rings. The maximum atomic E-state index is 12.8. The van der Waals surface area contributed by atoms with E-state index in [1.54, 1.807) is 11.0 Å². The normalized spacial score (nSPS) is 20.1. The number of rotatable bonds is 5. The number of ether oxygens (including phenoxy) is 1. The Labute approximate surface area is 199 Å². The van der Waals surface area contributed by atoms with Gasteiger partial charge in [0, 0.05) is 37.5 Å². The van der Waals surface area contributed by atoms with E-state index in [0.717, 1.165) is 56.3 Å². The number of fused-ring (bicyclic) bond motifs is 1. The summed E-state index contributed by atoms with van der Waals surface area (Å²) in [6.45, 7) is 5.88. The number of hydrogen-bond donors (Lipinski definition) is 0. The highest BCUT2D eigenvalue weighted by Gasteiger charge is 2.45. The number of benzene rings is 1. The summed E-state index contributed by atoms with van der Waals surface area (Å²) < 4.78 is 28.5. The predicted molar refractivity (Wildman–Crippen MR) is 126 cm³/mol. The first-order chi connectivity index (χ1) is 16.2. The van der Waals surface area contributed by atoms with Gasteiger partial charge in [0.15, 0.2) is 9.84 Å². The SMILES string of the molecule is Cc1c(CCN2CCC3(CC2)CC(=O)N(c2ccc(S(C)(=O)=O)cn2)C3)ccc2c1COC2=O. The number of carbonyl (C=O) groups is 2. The summed E-state index contributed by atoms with van der Waals surface area (Å²) in [5.74, 6) is 0.345. The van der Waals surface area contributed by atoms with Crippen LogP contribution in [0.5, 0.6) is 0 Å². The maximum absolute atomic E-state index is 12.8. The molecule has 2 saturated heterocycles. The zero-order chi connectivity index (χ0) is 24.1. The molecular weight excluding hydrogens is 454 g/mol. The summed E-state index contributed by atoms with van der Waals surface area (Å²) in [6.07, 6.45) is 5.80. The van der Waals surface area contributed by atoms with E-state index >= 15 is 0 Å². The van der Waals surface area contributed by atoms with Gasteiger partial charge in [0.25, 0.3) is 0 Å². The van der Waals surface area contributed by atoms with Gasteiger partial charge in [-0.25, -0.2) is 18.2 Å². The average Bonchev–Trinajstić information content (AvgIpc) is 3.34. The molecule has 180 valence electrons. The fraction of sp³-hybridized carbons (Fsp3) is 0.480. The Balaban J connectivity index is 1.18. The number of anilines is 1. The topological polar surface area (TPSA) is 96.9 Å². The van der Waals surface area contributed by atoms with Crippen molar-refractivity contribution in [1.82, 2.24) is 9.88 Å². The molecule has 0 aliphatic carbocycles. The lowest BCUT2D eigenvalue weighted by molar-refractivity contribution is -0.118. The minimum atomic E-state index is -3.32. The second kappa shape index (κ2) is 8.46. The van der Waals surface area contributed by atoms with E-state index in [-0.39, 0.29) is 22.2 Å².